The number of para-hydroxylation sites is 1. The van der Waals surface area contributed by atoms with Crippen molar-refractivity contribution in [2.24, 2.45) is 24.3 Å². The number of nitrogens with zero attached hydrogens (tertiary/aromatic N) is 6. The predicted molar refractivity (Wildman–Crippen MR) is 206 cm³/mol. The zero-order chi connectivity index (χ0) is 39.6. The second-order valence-corrected chi connectivity index (χ2v) is 14.4. The smallest absolute Gasteiger partial charge is 0.347 e. The minimum Gasteiger partial charge on any atom is -0.504 e. The van der Waals surface area contributed by atoms with Gasteiger partial charge in [0.25, 0.3) is 5.56 Å². The van der Waals surface area contributed by atoms with E-state index < -0.39 is 34.7 Å². The molecule has 3 aromatic carbocycles. The van der Waals surface area contributed by atoms with Gasteiger partial charge < -0.3 is 23.9 Å². The second kappa shape index (κ2) is 13.6. The molecule has 4 heterocycles. The van der Waals surface area contributed by atoms with E-state index in [0.29, 0.717) is 33.8 Å². The van der Waals surface area contributed by atoms with Gasteiger partial charge in [-0.2, -0.15) is 0 Å². The van der Waals surface area contributed by atoms with Crippen LogP contribution in [0, 0.1) is 17.3 Å². The number of rotatable bonds is 9. The van der Waals surface area contributed by atoms with Crippen LogP contribution < -0.4 is 36.0 Å². The minimum absolute atomic E-state index is 0.0117. The Bertz CT molecular complexity index is 2690. The number of phenols is 1. The Kier molecular flexibility index (Phi) is 8.82. The van der Waals surface area contributed by atoms with Crippen LogP contribution >= 0.6 is 0 Å². The molecule has 2 fully saturated rings. The fourth-order valence-corrected chi connectivity index (χ4v) is 8.64. The number of amides is 2. The van der Waals surface area contributed by atoms with E-state index in [1.54, 1.807) is 74.6 Å². The highest BCUT2D eigenvalue weighted by molar-refractivity contribution is 6.24. The van der Waals surface area contributed by atoms with Crippen molar-refractivity contribution in [1.82, 2.24) is 23.5 Å². The molecular weight excluding hydrogens is 720 g/mol. The number of hydrogen-bond donors (Lipinski definition) is 1. The molecule has 2 amide bonds. The average molecular weight is 761 g/mol. The fourth-order valence-electron chi connectivity index (χ4n) is 8.64. The molecule has 8 rings (SSSR count). The summed E-state index contributed by atoms with van der Waals surface area (Å²) in [7, 11) is 6.06. The van der Waals surface area contributed by atoms with Gasteiger partial charge in [-0.05, 0) is 48.7 Å². The van der Waals surface area contributed by atoms with Crippen LogP contribution in [0.25, 0.3) is 17.1 Å². The van der Waals surface area contributed by atoms with Crippen LogP contribution in [0.3, 0.4) is 0 Å². The number of phenolic OH excluding ortho intramolecular Hbond substituents is 1. The van der Waals surface area contributed by atoms with E-state index in [-0.39, 0.29) is 60.5 Å². The third-order valence-corrected chi connectivity index (χ3v) is 11.6. The van der Waals surface area contributed by atoms with Gasteiger partial charge in [0.15, 0.2) is 23.0 Å². The lowest BCUT2D eigenvalue weighted by Gasteiger charge is -2.45. The number of hydrogen-bond acceptors (Lipinski definition) is 10. The summed E-state index contributed by atoms with van der Waals surface area (Å²) in [6, 6.07) is 16.2. The van der Waals surface area contributed by atoms with Gasteiger partial charge in [-0.1, -0.05) is 42.5 Å². The molecule has 56 heavy (non-hydrogen) atoms. The number of aromatic hydroxyl groups is 1. The van der Waals surface area contributed by atoms with Crippen molar-refractivity contribution in [2.75, 3.05) is 26.2 Å². The van der Waals surface area contributed by atoms with Gasteiger partial charge in [0.1, 0.15) is 5.69 Å². The van der Waals surface area contributed by atoms with E-state index in [9.17, 15) is 29.1 Å². The highest BCUT2D eigenvalue weighted by Crippen LogP contribution is 2.58. The fraction of sp³-hybridized carbons (Fsp3) is 0.317. The van der Waals surface area contributed by atoms with Crippen molar-refractivity contribution in [3.8, 4) is 23.0 Å². The number of imide groups is 1. The first kappa shape index (κ1) is 36.3. The quantitative estimate of drug-likeness (QED) is 0.174. The van der Waals surface area contributed by atoms with Crippen LogP contribution in [-0.2, 0) is 36.1 Å². The van der Waals surface area contributed by atoms with Crippen LogP contribution in [0.2, 0.25) is 0 Å². The van der Waals surface area contributed by atoms with Crippen molar-refractivity contribution in [3.63, 3.8) is 0 Å². The number of carbonyl (C=O) groups excluding carboxylic acids is 2. The number of anilines is 1. The van der Waals surface area contributed by atoms with Crippen LogP contribution in [0.1, 0.15) is 30.6 Å². The van der Waals surface area contributed by atoms with Gasteiger partial charge in [0, 0.05) is 38.1 Å². The highest BCUT2D eigenvalue weighted by atomic mass is 16.5. The van der Waals surface area contributed by atoms with Crippen molar-refractivity contribution in [3.05, 3.63) is 121 Å². The first-order valence-electron chi connectivity index (χ1n) is 18.1. The van der Waals surface area contributed by atoms with Gasteiger partial charge >= 0.3 is 11.4 Å². The molecule has 1 saturated heterocycles. The standard InChI is InChI=1S/C41H40N6O9/c1-41-26(13-11-23-12-14-32(48)33(19-23)54-3)25-15-18-45-39(52)44(17-16-28-37(50)43(2)31-22-35(56-5)34(55-4)21-29(31)42-28)40(53)47(45)30(25)20-27(41)36(49)46(38(41)51)24-9-7-6-8-10-24/h6-15,19,21-22,26-27,30,48H,16-18,20H2,1-5H3/t26-,27-,30+,41-/m0/s1. The van der Waals surface area contributed by atoms with Crippen LogP contribution in [0.15, 0.2) is 92.8 Å². The van der Waals surface area contributed by atoms with Crippen LogP contribution in [-0.4, -0.2) is 61.7 Å². The molecule has 2 aliphatic heterocycles. The molecule has 3 aliphatic rings. The first-order valence-corrected chi connectivity index (χ1v) is 18.1. The number of aromatic nitrogens is 5. The van der Waals surface area contributed by atoms with Crippen molar-refractivity contribution >= 4 is 34.6 Å². The van der Waals surface area contributed by atoms with Gasteiger partial charge in [-0.15, -0.1) is 0 Å². The number of ether oxygens (including phenoxy) is 3. The molecule has 0 radical (unpaired) electrons. The molecule has 1 N–H and O–H groups in total. The first-order chi connectivity index (χ1) is 26.9. The summed E-state index contributed by atoms with van der Waals surface area (Å²) in [5.74, 6) is -1.12. The van der Waals surface area contributed by atoms with E-state index in [1.165, 1.54) is 46.2 Å². The van der Waals surface area contributed by atoms with E-state index in [2.05, 4.69) is 4.98 Å². The third-order valence-electron chi connectivity index (χ3n) is 11.6. The Balaban J connectivity index is 1.19. The summed E-state index contributed by atoms with van der Waals surface area (Å²) in [6.07, 6.45) is 5.63. The summed E-state index contributed by atoms with van der Waals surface area (Å²) < 4.78 is 21.4. The normalized spacial score (nSPS) is 21.6. The Morgan fingerprint density at radius 2 is 1.62 bits per heavy atom. The molecule has 4 atom stereocenters. The van der Waals surface area contributed by atoms with E-state index in [1.807, 2.05) is 12.2 Å². The van der Waals surface area contributed by atoms with Crippen molar-refractivity contribution < 1.29 is 28.9 Å². The molecule has 15 nitrogen and oxygen atoms in total. The SMILES string of the molecule is COc1cc(C=C[C@H]2C3=CCn4c(=O)n(CCc5nc6cc(OC)c(OC)cc6n(C)c5=O)c(=O)n4[C@@H]3C[C@H]3C(=O)N(c4ccccc4)C(=O)[C@@]23C)ccc1O. The lowest BCUT2D eigenvalue weighted by atomic mass is 9.58. The molecule has 288 valence electrons. The summed E-state index contributed by atoms with van der Waals surface area (Å²) in [4.78, 5) is 76.4. The largest absolute Gasteiger partial charge is 0.504 e. The Hall–Kier alpha value is -6.64. The summed E-state index contributed by atoms with van der Waals surface area (Å²) in [5.41, 5.74) is 0.253. The van der Waals surface area contributed by atoms with Crippen molar-refractivity contribution in [2.45, 2.75) is 38.9 Å². The zero-order valence-electron chi connectivity index (χ0n) is 31.5. The Labute approximate surface area is 319 Å². The van der Waals surface area contributed by atoms with Gasteiger partial charge in [0.05, 0.1) is 62.0 Å². The topological polar surface area (TPSA) is 169 Å². The Morgan fingerprint density at radius 3 is 2.34 bits per heavy atom. The molecule has 15 heteroatoms. The molecule has 0 bridgehead atoms. The number of fused-ring (bicyclic) bond motifs is 5. The molecule has 1 saturated carbocycles. The predicted octanol–water partition coefficient (Wildman–Crippen LogP) is 3.44. The number of benzene rings is 3. The van der Waals surface area contributed by atoms with Crippen LogP contribution in [0.5, 0.6) is 23.0 Å². The van der Waals surface area contributed by atoms with E-state index in [0.717, 1.165) is 10.1 Å². The molecular formula is C41H40N6O9. The average Bonchev–Trinajstić information content (AvgIpc) is 3.57. The second-order valence-electron chi connectivity index (χ2n) is 14.4. The molecule has 1 aliphatic carbocycles. The monoisotopic (exact) mass is 760 g/mol. The zero-order valence-corrected chi connectivity index (χ0v) is 31.5. The minimum atomic E-state index is -1.23. The summed E-state index contributed by atoms with van der Waals surface area (Å²) in [6.45, 7) is 1.72. The van der Waals surface area contributed by atoms with E-state index >= 15 is 0 Å². The van der Waals surface area contributed by atoms with Crippen molar-refractivity contribution in [1.29, 1.82) is 0 Å². The van der Waals surface area contributed by atoms with Gasteiger partial charge in [0.2, 0.25) is 11.8 Å². The maximum Gasteiger partial charge on any atom is 0.347 e. The third kappa shape index (κ3) is 5.39. The number of aryl methyl sites for hydroxylation is 2. The lowest BCUT2D eigenvalue weighted by Crippen LogP contribution is -2.49. The number of allylic oxidation sites excluding steroid dienone is 3. The van der Waals surface area contributed by atoms with Crippen LogP contribution in [0.4, 0.5) is 5.69 Å². The molecule has 5 aromatic rings. The lowest BCUT2D eigenvalue weighted by molar-refractivity contribution is -0.129. The summed E-state index contributed by atoms with van der Waals surface area (Å²) >= 11 is 0. The number of carbonyl (C=O) groups is 2. The molecule has 0 unspecified atom stereocenters. The van der Waals surface area contributed by atoms with E-state index in [4.69, 9.17) is 14.2 Å². The Morgan fingerprint density at radius 1 is 0.911 bits per heavy atom. The maximum absolute atomic E-state index is 14.5. The number of methoxy groups -OCH3 is 3. The maximum atomic E-state index is 14.5. The highest BCUT2D eigenvalue weighted by Gasteiger charge is 2.64. The molecule has 2 aromatic heterocycles. The summed E-state index contributed by atoms with van der Waals surface area (Å²) in [5, 5.41) is 10.2. The van der Waals surface area contributed by atoms with Gasteiger partial charge in [-0.3, -0.25) is 14.4 Å². The van der Waals surface area contributed by atoms with Gasteiger partial charge in [-0.25, -0.2) is 33.4 Å². The molecule has 0 spiro atoms.